The fourth-order valence-corrected chi connectivity index (χ4v) is 3.68. The van der Waals surface area contributed by atoms with Crippen LogP contribution in [0.5, 0.6) is 0 Å². The number of hydrogen-bond acceptors (Lipinski definition) is 6. The van der Waals surface area contributed by atoms with Gasteiger partial charge < -0.3 is 9.64 Å². The number of anilines is 1. The number of morpholine rings is 1. The van der Waals surface area contributed by atoms with Crippen LogP contribution in [0, 0.1) is 5.82 Å². The molecule has 2 aromatic heterocycles. The second-order valence-electron chi connectivity index (χ2n) is 5.85. The van der Waals surface area contributed by atoms with Crippen LogP contribution >= 0.6 is 11.8 Å². The van der Waals surface area contributed by atoms with Crippen molar-refractivity contribution in [2.24, 2.45) is 0 Å². The van der Waals surface area contributed by atoms with Crippen molar-refractivity contribution in [3.63, 3.8) is 0 Å². The van der Waals surface area contributed by atoms with E-state index in [2.05, 4.69) is 20.1 Å². The molecule has 0 atom stereocenters. The summed E-state index contributed by atoms with van der Waals surface area (Å²) in [5.41, 5.74) is 1.81. The molecule has 3 aromatic rings. The number of ether oxygens (including phenoxy) is 1. The first-order valence-corrected chi connectivity index (χ1v) is 9.35. The molecule has 0 bridgehead atoms. The molecule has 1 fully saturated rings. The summed E-state index contributed by atoms with van der Waals surface area (Å²) in [6.45, 7) is 2.77. The molecular formula is C18H18FN5OS. The molecule has 0 radical (unpaired) electrons. The third-order valence-corrected chi connectivity index (χ3v) is 5.07. The van der Waals surface area contributed by atoms with Gasteiger partial charge in [-0.3, -0.25) is 9.55 Å². The molecule has 8 heteroatoms. The molecule has 4 rings (SSSR count). The van der Waals surface area contributed by atoms with Crippen LogP contribution in [0.1, 0.15) is 5.56 Å². The van der Waals surface area contributed by atoms with Crippen molar-refractivity contribution in [3.8, 4) is 5.69 Å². The molecule has 1 aliphatic heterocycles. The number of thioether (sulfide) groups is 1. The molecule has 0 aliphatic carbocycles. The first-order chi connectivity index (χ1) is 12.8. The third-order valence-electron chi connectivity index (χ3n) is 4.07. The highest BCUT2D eigenvalue weighted by atomic mass is 32.2. The van der Waals surface area contributed by atoms with Crippen molar-refractivity contribution < 1.29 is 9.13 Å². The van der Waals surface area contributed by atoms with E-state index in [1.54, 1.807) is 24.0 Å². The van der Waals surface area contributed by atoms with Crippen molar-refractivity contribution in [1.29, 1.82) is 0 Å². The van der Waals surface area contributed by atoms with Crippen LogP contribution in [0.15, 0.2) is 53.9 Å². The molecule has 26 heavy (non-hydrogen) atoms. The van der Waals surface area contributed by atoms with Gasteiger partial charge in [-0.05, 0) is 29.8 Å². The van der Waals surface area contributed by atoms with E-state index >= 15 is 0 Å². The average Bonchev–Trinajstić information content (AvgIpc) is 3.12. The Hall–Kier alpha value is -2.45. The van der Waals surface area contributed by atoms with Gasteiger partial charge in [0.1, 0.15) is 5.82 Å². The normalized spacial score (nSPS) is 14.6. The van der Waals surface area contributed by atoms with Crippen molar-refractivity contribution in [2.75, 3.05) is 31.2 Å². The number of nitrogens with zero attached hydrogens (tertiary/aromatic N) is 5. The fraction of sp³-hybridized carbons (Fsp3) is 0.278. The van der Waals surface area contributed by atoms with E-state index < -0.39 is 0 Å². The van der Waals surface area contributed by atoms with Crippen molar-refractivity contribution >= 4 is 17.7 Å². The Bertz CT molecular complexity index is 867. The number of aromatic nitrogens is 4. The van der Waals surface area contributed by atoms with E-state index in [9.17, 15) is 4.39 Å². The highest BCUT2D eigenvalue weighted by Crippen LogP contribution is 2.29. The summed E-state index contributed by atoms with van der Waals surface area (Å²) in [4.78, 5) is 6.26. The van der Waals surface area contributed by atoms with Crippen LogP contribution < -0.4 is 4.90 Å². The molecule has 134 valence electrons. The van der Waals surface area contributed by atoms with E-state index in [4.69, 9.17) is 4.74 Å². The molecule has 0 unspecified atom stereocenters. The largest absolute Gasteiger partial charge is 0.378 e. The Kier molecular flexibility index (Phi) is 5.12. The zero-order valence-corrected chi connectivity index (χ0v) is 14.9. The Morgan fingerprint density at radius 1 is 1.12 bits per heavy atom. The van der Waals surface area contributed by atoms with Crippen LogP contribution in [0.25, 0.3) is 5.69 Å². The summed E-state index contributed by atoms with van der Waals surface area (Å²) < 4.78 is 21.2. The molecule has 0 spiro atoms. The lowest BCUT2D eigenvalue weighted by molar-refractivity contribution is 0.122. The first kappa shape index (κ1) is 17.0. The van der Waals surface area contributed by atoms with Gasteiger partial charge in [0.25, 0.3) is 0 Å². The average molecular weight is 371 g/mol. The van der Waals surface area contributed by atoms with Gasteiger partial charge in [-0.2, -0.15) is 0 Å². The van der Waals surface area contributed by atoms with Gasteiger partial charge in [-0.25, -0.2) is 4.39 Å². The van der Waals surface area contributed by atoms with Gasteiger partial charge >= 0.3 is 0 Å². The van der Waals surface area contributed by atoms with Gasteiger partial charge in [0.05, 0.1) is 18.9 Å². The maximum Gasteiger partial charge on any atom is 0.232 e. The lowest BCUT2D eigenvalue weighted by Gasteiger charge is -2.27. The number of rotatable bonds is 5. The number of halogens is 1. The predicted octanol–water partition coefficient (Wildman–Crippen LogP) is 2.93. The highest BCUT2D eigenvalue weighted by molar-refractivity contribution is 7.98. The quantitative estimate of drug-likeness (QED) is 0.643. The topological polar surface area (TPSA) is 56.1 Å². The molecular weight excluding hydrogens is 353 g/mol. The van der Waals surface area contributed by atoms with Gasteiger partial charge in [0, 0.05) is 31.2 Å². The smallest absolute Gasteiger partial charge is 0.232 e. The van der Waals surface area contributed by atoms with Gasteiger partial charge in [-0.15, -0.1) is 10.2 Å². The van der Waals surface area contributed by atoms with E-state index in [1.165, 1.54) is 12.1 Å². The molecule has 1 aliphatic rings. The molecule has 0 amide bonds. The summed E-state index contributed by atoms with van der Waals surface area (Å²) >= 11 is 1.55. The van der Waals surface area contributed by atoms with Crippen molar-refractivity contribution in [3.05, 3.63) is 60.2 Å². The molecule has 1 aromatic carbocycles. The molecule has 0 saturated carbocycles. The Balaban J connectivity index is 1.67. The van der Waals surface area contributed by atoms with E-state index in [1.807, 2.05) is 29.0 Å². The van der Waals surface area contributed by atoms with Crippen LogP contribution in [0.2, 0.25) is 0 Å². The lowest BCUT2D eigenvalue weighted by Crippen LogP contribution is -2.37. The highest BCUT2D eigenvalue weighted by Gasteiger charge is 2.22. The molecule has 0 N–H and O–H groups in total. The van der Waals surface area contributed by atoms with Crippen LogP contribution in [0.4, 0.5) is 10.3 Å². The van der Waals surface area contributed by atoms with Gasteiger partial charge in [0.15, 0.2) is 5.16 Å². The van der Waals surface area contributed by atoms with E-state index in [0.29, 0.717) is 30.6 Å². The van der Waals surface area contributed by atoms with E-state index in [0.717, 1.165) is 23.8 Å². The summed E-state index contributed by atoms with van der Waals surface area (Å²) in [6.07, 6.45) is 3.58. The van der Waals surface area contributed by atoms with Gasteiger partial charge in [0.2, 0.25) is 5.95 Å². The third kappa shape index (κ3) is 3.71. The zero-order valence-electron chi connectivity index (χ0n) is 14.1. The number of pyridine rings is 1. The van der Waals surface area contributed by atoms with Crippen LogP contribution in [-0.2, 0) is 10.5 Å². The maximum absolute atomic E-state index is 13.8. The minimum atomic E-state index is -0.285. The minimum absolute atomic E-state index is 0.285. The molecule has 1 saturated heterocycles. The predicted molar refractivity (Wildman–Crippen MR) is 98.1 cm³/mol. The summed E-state index contributed by atoms with van der Waals surface area (Å²) in [7, 11) is 0. The summed E-state index contributed by atoms with van der Waals surface area (Å²) in [6, 6.07) is 10.4. The second kappa shape index (κ2) is 7.84. The fourth-order valence-electron chi connectivity index (χ4n) is 2.80. The second-order valence-corrected chi connectivity index (χ2v) is 6.79. The van der Waals surface area contributed by atoms with Crippen LogP contribution in [0.3, 0.4) is 0 Å². The standard InChI is InChI=1S/C18H18FN5OS/c19-15-4-1-5-16(11-15)24-17(23-7-9-25-10-8-23)21-22-18(24)26-13-14-3-2-6-20-12-14/h1-6,11-12H,7-10,13H2. The number of benzene rings is 1. The summed E-state index contributed by atoms with van der Waals surface area (Å²) in [5, 5.41) is 9.47. The van der Waals surface area contributed by atoms with Crippen molar-refractivity contribution in [1.82, 2.24) is 19.7 Å². The lowest BCUT2D eigenvalue weighted by atomic mass is 10.3. The Labute approximate surface area is 155 Å². The summed E-state index contributed by atoms with van der Waals surface area (Å²) in [5.74, 6) is 1.14. The molecule has 3 heterocycles. The van der Waals surface area contributed by atoms with Crippen LogP contribution in [-0.4, -0.2) is 46.1 Å². The number of hydrogen-bond donors (Lipinski definition) is 0. The zero-order chi connectivity index (χ0) is 17.8. The monoisotopic (exact) mass is 371 g/mol. The Morgan fingerprint density at radius 3 is 2.77 bits per heavy atom. The minimum Gasteiger partial charge on any atom is -0.378 e. The SMILES string of the molecule is Fc1cccc(-n2c(SCc3cccnc3)nnc2N2CCOCC2)c1. The van der Waals surface area contributed by atoms with E-state index in [-0.39, 0.29) is 5.82 Å². The maximum atomic E-state index is 13.8. The molecule has 6 nitrogen and oxygen atoms in total. The van der Waals surface area contributed by atoms with Crippen molar-refractivity contribution in [2.45, 2.75) is 10.9 Å². The first-order valence-electron chi connectivity index (χ1n) is 8.37. The Morgan fingerprint density at radius 2 is 2.00 bits per heavy atom. The van der Waals surface area contributed by atoms with Gasteiger partial charge in [-0.1, -0.05) is 23.9 Å².